The smallest absolute Gasteiger partial charge is 0.184 e. The molecule has 0 bridgehead atoms. The molecule has 0 aliphatic heterocycles. The Bertz CT molecular complexity index is 226. The fourth-order valence-electron chi connectivity index (χ4n) is 1.59. The molecular weight excluding hydrogens is 232 g/mol. The second-order valence-electron chi connectivity index (χ2n) is 5.37. The zero-order valence-corrected chi connectivity index (χ0v) is 12.7. The fraction of sp³-hybridized carbons (Fsp3) is 0.929. The zero-order valence-electron chi connectivity index (χ0n) is 12.7. The van der Waals surface area contributed by atoms with E-state index in [9.17, 15) is 4.79 Å². The Labute approximate surface area is 111 Å². The Morgan fingerprint density at radius 2 is 1.22 bits per heavy atom. The van der Waals surface area contributed by atoms with Gasteiger partial charge in [0, 0.05) is 6.42 Å². The van der Waals surface area contributed by atoms with Crippen molar-refractivity contribution in [2.24, 2.45) is 0 Å². The van der Waals surface area contributed by atoms with E-state index < -0.39 is 6.29 Å². The van der Waals surface area contributed by atoms with Crippen LogP contribution in [0.1, 0.15) is 54.9 Å². The van der Waals surface area contributed by atoms with Crippen LogP contribution in [0.4, 0.5) is 0 Å². The van der Waals surface area contributed by atoms with Gasteiger partial charge >= 0.3 is 0 Å². The molecule has 4 nitrogen and oxygen atoms in total. The van der Waals surface area contributed by atoms with Gasteiger partial charge in [0.25, 0.3) is 0 Å². The van der Waals surface area contributed by atoms with Gasteiger partial charge in [-0.25, -0.2) is 0 Å². The van der Waals surface area contributed by atoms with Gasteiger partial charge in [0.05, 0.1) is 18.3 Å². The maximum absolute atomic E-state index is 11.3. The van der Waals surface area contributed by atoms with Gasteiger partial charge in [0.1, 0.15) is 11.9 Å². The monoisotopic (exact) mass is 260 g/mol. The minimum Gasteiger partial charge on any atom is -0.370 e. The number of carbonyl (C=O) groups excluding carboxylic acids is 1. The van der Waals surface area contributed by atoms with Crippen LogP contribution in [-0.2, 0) is 19.0 Å². The average Bonchev–Trinajstić information content (AvgIpc) is 2.12. The second-order valence-corrected chi connectivity index (χ2v) is 5.37. The molecule has 0 fully saturated rings. The molecule has 0 heterocycles. The van der Waals surface area contributed by atoms with Crippen molar-refractivity contribution >= 4 is 5.78 Å². The van der Waals surface area contributed by atoms with Crippen molar-refractivity contribution in [2.45, 2.75) is 85.6 Å². The predicted molar refractivity (Wildman–Crippen MR) is 71.5 cm³/mol. The molecule has 1 atom stereocenters. The third kappa shape index (κ3) is 8.61. The lowest BCUT2D eigenvalue weighted by Crippen LogP contribution is -2.40. The van der Waals surface area contributed by atoms with Gasteiger partial charge in [-0.1, -0.05) is 0 Å². The van der Waals surface area contributed by atoms with Crippen LogP contribution in [0, 0.1) is 0 Å². The molecule has 108 valence electrons. The molecule has 18 heavy (non-hydrogen) atoms. The summed E-state index contributed by atoms with van der Waals surface area (Å²) in [7, 11) is 0. The van der Waals surface area contributed by atoms with Crippen LogP contribution in [0.15, 0.2) is 0 Å². The standard InChI is InChI=1S/C14H28O4/c1-9(2)16-13(8-12(7)15)14(17-10(3)4)18-11(5)6/h9-11,13-14H,8H2,1-7H3. The first-order chi connectivity index (χ1) is 8.22. The van der Waals surface area contributed by atoms with E-state index in [2.05, 4.69) is 0 Å². The number of ether oxygens (including phenoxy) is 3. The summed E-state index contributed by atoms with van der Waals surface area (Å²) >= 11 is 0. The third-order valence-electron chi connectivity index (χ3n) is 2.05. The molecule has 0 amide bonds. The van der Waals surface area contributed by atoms with Gasteiger partial charge in [-0.3, -0.25) is 4.79 Å². The summed E-state index contributed by atoms with van der Waals surface area (Å²) in [5.74, 6) is 0.0744. The molecular formula is C14H28O4. The summed E-state index contributed by atoms with van der Waals surface area (Å²) in [6.45, 7) is 13.2. The quantitative estimate of drug-likeness (QED) is 0.598. The predicted octanol–water partition coefficient (Wildman–Crippen LogP) is 2.94. The normalized spacial score (nSPS) is 13.9. The Balaban J connectivity index is 4.74. The molecule has 0 aliphatic rings. The average molecular weight is 260 g/mol. The molecule has 1 unspecified atom stereocenters. The first-order valence-electron chi connectivity index (χ1n) is 6.68. The van der Waals surface area contributed by atoms with E-state index in [4.69, 9.17) is 14.2 Å². The van der Waals surface area contributed by atoms with Crippen molar-refractivity contribution in [1.29, 1.82) is 0 Å². The number of rotatable bonds is 9. The van der Waals surface area contributed by atoms with E-state index in [1.54, 1.807) is 6.92 Å². The van der Waals surface area contributed by atoms with Crippen molar-refractivity contribution < 1.29 is 19.0 Å². The molecule has 0 saturated carbocycles. The van der Waals surface area contributed by atoms with E-state index >= 15 is 0 Å². The highest BCUT2D eigenvalue weighted by molar-refractivity contribution is 5.76. The van der Waals surface area contributed by atoms with E-state index in [0.717, 1.165) is 0 Å². The third-order valence-corrected chi connectivity index (χ3v) is 2.05. The molecule has 0 aromatic rings. The zero-order chi connectivity index (χ0) is 14.3. The lowest BCUT2D eigenvalue weighted by Gasteiger charge is -2.31. The molecule has 0 aromatic heterocycles. The van der Waals surface area contributed by atoms with Crippen molar-refractivity contribution in [2.75, 3.05) is 0 Å². The molecule has 0 spiro atoms. The van der Waals surface area contributed by atoms with Crippen LogP contribution < -0.4 is 0 Å². The number of ketones is 1. The second kappa shape index (κ2) is 8.62. The van der Waals surface area contributed by atoms with Crippen molar-refractivity contribution in [3.63, 3.8) is 0 Å². The van der Waals surface area contributed by atoms with Crippen LogP contribution in [0.5, 0.6) is 0 Å². The Hall–Kier alpha value is -0.450. The lowest BCUT2D eigenvalue weighted by molar-refractivity contribution is -0.241. The summed E-state index contributed by atoms with van der Waals surface area (Å²) in [5, 5.41) is 0. The SMILES string of the molecule is CC(=O)CC(OC(C)C)C(OC(C)C)OC(C)C. The van der Waals surface area contributed by atoms with E-state index in [1.165, 1.54) is 0 Å². The van der Waals surface area contributed by atoms with E-state index in [1.807, 2.05) is 41.5 Å². The van der Waals surface area contributed by atoms with Gasteiger partial charge in [0.2, 0.25) is 0 Å². The number of hydrogen-bond acceptors (Lipinski definition) is 4. The molecule has 0 saturated heterocycles. The van der Waals surface area contributed by atoms with Gasteiger partial charge in [-0.2, -0.15) is 0 Å². The maximum atomic E-state index is 11.3. The number of carbonyl (C=O) groups is 1. The van der Waals surface area contributed by atoms with Crippen molar-refractivity contribution in [3.05, 3.63) is 0 Å². The van der Waals surface area contributed by atoms with Gasteiger partial charge in [0.15, 0.2) is 6.29 Å². The van der Waals surface area contributed by atoms with Gasteiger partial charge in [-0.05, 0) is 48.5 Å². The van der Waals surface area contributed by atoms with Gasteiger partial charge in [-0.15, -0.1) is 0 Å². The molecule has 0 aliphatic carbocycles. The topological polar surface area (TPSA) is 44.8 Å². The summed E-state index contributed by atoms with van der Waals surface area (Å²) in [6.07, 6.45) is -0.465. The Morgan fingerprint density at radius 3 is 1.50 bits per heavy atom. The highest BCUT2D eigenvalue weighted by Crippen LogP contribution is 2.16. The lowest BCUT2D eigenvalue weighted by atomic mass is 10.1. The molecule has 0 radical (unpaired) electrons. The number of hydrogen-bond donors (Lipinski definition) is 0. The Kier molecular flexibility index (Phi) is 8.40. The summed E-state index contributed by atoms with van der Waals surface area (Å²) < 4.78 is 17.2. The van der Waals surface area contributed by atoms with Crippen LogP contribution in [-0.4, -0.2) is 36.5 Å². The minimum atomic E-state index is -0.503. The highest BCUT2D eigenvalue weighted by Gasteiger charge is 2.28. The molecule has 0 aromatic carbocycles. The van der Waals surface area contributed by atoms with E-state index in [-0.39, 0.29) is 30.2 Å². The summed E-state index contributed by atoms with van der Waals surface area (Å²) in [5.41, 5.74) is 0. The van der Waals surface area contributed by atoms with Crippen LogP contribution >= 0.6 is 0 Å². The van der Waals surface area contributed by atoms with Crippen molar-refractivity contribution in [1.82, 2.24) is 0 Å². The minimum absolute atomic E-state index is 0.0268. The molecule has 4 heteroatoms. The number of Topliss-reactive ketones (excluding diaryl/α,β-unsaturated/α-hetero) is 1. The molecule has 0 rings (SSSR count). The van der Waals surface area contributed by atoms with E-state index in [0.29, 0.717) is 6.42 Å². The highest BCUT2D eigenvalue weighted by atomic mass is 16.7. The summed E-state index contributed by atoms with van der Waals surface area (Å²) in [6, 6.07) is 0. The first kappa shape index (κ1) is 17.6. The van der Waals surface area contributed by atoms with Crippen LogP contribution in [0.25, 0.3) is 0 Å². The fourth-order valence-corrected chi connectivity index (χ4v) is 1.59. The maximum Gasteiger partial charge on any atom is 0.184 e. The summed E-state index contributed by atoms with van der Waals surface area (Å²) in [4.78, 5) is 11.3. The van der Waals surface area contributed by atoms with Crippen LogP contribution in [0.2, 0.25) is 0 Å². The molecule has 0 N–H and O–H groups in total. The van der Waals surface area contributed by atoms with Crippen molar-refractivity contribution in [3.8, 4) is 0 Å². The Morgan fingerprint density at radius 1 is 0.833 bits per heavy atom. The van der Waals surface area contributed by atoms with Crippen LogP contribution in [0.3, 0.4) is 0 Å². The first-order valence-corrected chi connectivity index (χ1v) is 6.68. The largest absolute Gasteiger partial charge is 0.370 e. The van der Waals surface area contributed by atoms with Gasteiger partial charge < -0.3 is 14.2 Å².